The number of nitrogens with zero attached hydrogens (tertiary/aromatic N) is 2. The van der Waals surface area contributed by atoms with Crippen molar-refractivity contribution >= 4 is 23.3 Å². The van der Waals surface area contributed by atoms with Crippen LogP contribution < -0.4 is 11.1 Å². The lowest BCUT2D eigenvalue weighted by atomic mass is 9.96. The second-order valence-corrected chi connectivity index (χ2v) is 7.90. The fourth-order valence-corrected chi connectivity index (χ4v) is 3.88. The summed E-state index contributed by atoms with van der Waals surface area (Å²) < 4.78 is 44.5. The van der Waals surface area contributed by atoms with Gasteiger partial charge in [-0.1, -0.05) is 52.4 Å². The Morgan fingerprint density at radius 3 is 2.44 bits per heavy atom. The number of carbonyl (C=O) groups is 1. The summed E-state index contributed by atoms with van der Waals surface area (Å²) in [5, 5.41) is 2.19. The molecule has 2 heterocycles. The zero-order valence-corrected chi connectivity index (χ0v) is 19.0. The molecule has 1 aliphatic carbocycles. The summed E-state index contributed by atoms with van der Waals surface area (Å²) in [4.78, 5) is 19.4. The van der Waals surface area contributed by atoms with Crippen molar-refractivity contribution in [3.8, 4) is 0 Å². The Kier molecular flexibility index (Phi) is 9.53. The molecular formula is C23H33F3N4O2. The lowest BCUT2D eigenvalue weighted by Gasteiger charge is -2.29. The minimum Gasteiger partial charge on any atom is -0.431 e. The molecule has 3 N–H and O–H groups in total. The van der Waals surface area contributed by atoms with Gasteiger partial charge in [0, 0.05) is 30.2 Å². The number of hydrogen-bond acceptors (Lipinski definition) is 5. The molecule has 3 rings (SSSR count). The maximum atomic E-state index is 13.3. The molecule has 2 aliphatic rings. The first-order chi connectivity index (χ1) is 15.2. The number of aliphatic imine (C=N–C) groups is 1. The predicted octanol–water partition coefficient (Wildman–Crippen LogP) is 6.54. The Bertz CT molecular complexity index is 844. The number of halogens is 3. The molecule has 0 spiro atoms. The van der Waals surface area contributed by atoms with Crippen LogP contribution in [0.3, 0.4) is 0 Å². The SMILES string of the molecule is CCCCCCCC.CN=C1CCC/C1=C(/N)c1ccnc2c1C(C(F)(F)F)OC(=O)N2. The van der Waals surface area contributed by atoms with Gasteiger partial charge in [-0.3, -0.25) is 10.3 Å². The Labute approximate surface area is 187 Å². The third-order valence-corrected chi connectivity index (χ3v) is 5.53. The molecule has 178 valence electrons. The van der Waals surface area contributed by atoms with Crippen LogP contribution >= 0.6 is 0 Å². The van der Waals surface area contributed by atoms with Crippen LogP contribution in [-0.4, -0.2) is 30.0 Å². The van der Waals surface area contributed by atoms with Gasteiger partial charge in [0.05, 0.1) is 5.56 Å². The number of amides is 1. The Balaban J connectivity index is 0.000000390. The molecule has 0 bridgehead atoms. The number of alkyl halides is 3. The maximum Gasteiger partial charge on any atom is 0.430 e. The highest BCUT2D eigenvalue weighted by Crippen LogP contribution is 2.44. The van der Waals surface area contributed by atoms with Crippen LogP contribution in [0.25, 0.3) is 5.70 Å². The summed E-state index contributed by atoms with van der Waals surface area (Å²) in [7, 11) is 1.62. The molecule has 1 amide bonds. The Hall–Kier alpha value is -2.58. The first-order valence-electron chi connectivity index (χ1n) is 11.2. The van der Waals surface area contributed by atoms with Crippen molar-refractivity contribution in [2.75, 3.05) is 12.4 Å². The second kappa shape index (κ2) is 11.9. The number of rotatable bonds is 6. The molecule has 1 unspecified atom stereocenters. The number of hydrogen-bond donors (Lipinski definition) is 2. The summed E-state index contributed by atoms with van der Waals surface area (Å²) >= 11 is 0. The summed E-state index contributed by atoms with van der Waals surface area (Å²) in [5.41, 5.74) is 7.75. The van der Waals surface area contributed by atoms with Crippen molar-refractivity contribution in [2.45, 2.75) is 83.9 Å². The van der Waals surface area contributed by atoms with Crippen LogP contribution in [-0.2, 0) is 4.74 Å². The largest absolute Gasteiger partial charge is 0.431 e. The number of cyclic esters (lactones) is 1. The number of nitrogens with two attached hydrogens (primary N) is 1. The van der Waals surface area contributed by atoms with Crippen molar-refractivity contribution in [3.05, 3.63) is 29.0 Å². The number of carbonyl (C=O) groups excluding carboxylic acids is 1. The molecule has 9 heteroatoms. The van der Waals surface area contributed by atoms with Gasteiger partial charge >= 0.3 is 12.3 Å². The van der Waals surface area contributed by atoms with Crippen molar-refractivity contribution in [1.29, 1.82) is 0 Å². The van der Waals surface area contributed by atoms with Crippen LogP contribution in [0.15, 0.2) is 22.8 Å². The number of aromatic nitrogens is 1. The van der Waals surface area contributed by atoms with E-state index in [2.05, 4.69) is 33.9 Å². The third kappa shape index (κ3) is 6.46. The van der Waals surface area contributed by atoms with E-state index in [1.54, 1.807) is 7.05 Å². The highest BCUT2D eigenvalue weighted by molar-refractivity contribution is 6.08. The van der Waals surface area contributed by atoms with Crippen LogP contribution in [0.4, 0.5) is 23.8 Å². The Morgan fingerprint density at radius 2 is 1.88 bits per heavy atom. The number of anilines is 1. The molecular weight excluding hydrogens is 421 g/mol. The van der Waals surface area contributed by atoms with Gasteiger partial charge in [-0.25, -0.2) is 9.78 Å². The lowest BCUT2D eigenvalue weighted by molar-refractivity contribution is -0.206. The number of ether oxygens (including phenoxy) is 1. The van der Waals surface area contributed by atoms with E-state index in [4.69, 9.17) is 5.73 Å². The van der Waals surface area contributed by atoms with E-state index in [9.17, 15) is 18.0 Å². The highest BCUT2D eigenvalue weighted by Gasteiger charge is 2.49. The first kappa shape index (κ1) is 25.7. The van der Waals surface area contributed by atoms with Gasteiger partial charge in [0.2, 0.25) is 6.10 Å². The van der Waals surface area contributed by atoms with Crippen LogP contribution in [0.2, 0.25) is 0 Å². The standard InChI is InChI=1S/C15H15F3N4O2.C8H18/c1-20-9-4-2-3-7(9)11(19)8-5-6-21-13-10(8)12(15(16,17)18)24-14(23)22-13;1-3-5-7-8-6-4-2/h5-6,12H,2-4,19H2,1H3,(H,21,22,23);3-8H2,1-2H3/b11-7-,20-9?;. The van der Waals surface area contributed by atoms with E-state index in [-0.39, 0.29) is 22.6 Å². The highest BCUT2D eigenvalue weighted by atomic mass is 19.4. The van der Waals surface area contributed by atoms with Crippen LogP contribution in [0.5, 0.6) is 0 Å². The van der Waals surface area contributed by atoms with Crippen molar-refractivity contribution in [2.24, 2.45) is 10.7 Å². The Morgan fingerprint density at radius 1 is 1.22 bits per heavy atom. The van der Waals surface area contributed by atoms with E-state index in [0.717, 1.165) is 24.1 Å². The normalized spacial score (nSPS) is 20.8. The van der Waals surface area contributed by atoms with Gasteiger partial charge < -0.3 is 10.5 Å². The van der Waals surface area contributed by atoms with Crippen LogP contribution in [0.1, 0.15) is 88.9 Å². The van der Waals surface area contributed by atoms with E-state index in [0.29, 0.717) is 6.42 Å². The molecule has 1 aromatic rings. The molecule has 1 aliphatic heterocycles. The molecule has 1 saturated carbocycles. The molecule has 0 aromatic carbocycles. The second-order valence-electron chi connectivity index (χ2n) is 7.90. The van der Waals surface area contributed by atoms with Gasteiger partial charge in [-0.15, -0.1) is 0 Å². The van der Waals surface area contributed by atoms with E-state index in [1.165, 1.54) is 50.8 Å². The summed E-state index contributed by atoms with van der Waals surface area (Å²) in [6.45, 7) is 4.51. The first-order valence-corrected chi connectivity index (χ1v) is 11.2. The van der Waals surface area contributed by atoms with Crippen LogP contribution in [0, 0.1) is 0 Å². The van der Waals surface area contributed by atoms with Crippen molar-refractivity contribution in [1.82, 2.24) is 4.98 Å². The minimum absolute atomic E-state index is 0.153. The fourth-order valence-electron chi connectivity index (χ4n) is 3.88. The van der Waals surface area contributed by atoms with Gasteiger partial charge in [0.15, 0.2) is 0 Å². The number of nitrogens with one attached hydrogen (secondary N) is 1. The molecule has 1 fully saturated rings. The predicted molar refractivity (Wildman–Crippen MR) is 121 cm³/mol. The molecule has 0 saturated heterocycles. The average molecular weight is 455 g/mol. The number of unbranched alkanes of at least 4 members (excludes halogenated alkanes) is 5. The van der Waals surface area contributed by atoms with Crippen molar-refractivity contribution < 1.29 is 22.7 Å². The smallest absolute Gasteiger partial charge is 0.430 e. The molecule has 0 radical (unpaired) electrons. The summed E-state index contributed by atoms with van der Waals surface area (Å²) in [6, 6.07) is 1.40. The van der Waals surface area contributed by atoms with Gasteiger partial charge in [0.25, 0.3) is 0 Å². The molecule has 1 aromatic heterocycles. The zero-order valence-electron chi connectivity index (χ0n) is 19.0. The van der Waals surface area contributed by atoms with E-state index in [1.807, 2.05) is 0 Å². The maximum absolute atomic E-state index is 13.3. The quantitative estimate of drug-likeness (QED) is 0.478. The van der Waals surface area contributed by atoms with E-state index < -0.39 is 18.4 Å². The number of allylic oxidation sites excluding steroid dienone is 1. The number of pyridine rings is 1. The molecule has 32 heavy (non-hydrogen) atoms. The minimum atomic E-state index is -4.77. The summed E-state index contributed by atoms with van der Waals surface area (Å²) in [5.74, 6) is -0.192. The van der Waals surface area contributed by atoms with Gasteiger partial charge in [0.1, 0.15) is 5.82 Å². The molecule has 1 atom stereocenters. The number of fused-ring (bicyclic) bond motifs is 1. The topological polar surface area (TPSA) is 89.6 Å². The third-order valence-electron chi connectivity index (χ3n) is 5.53. The average Bonchev–Trinajstić information content (AvgIpc) is 3.24. The zero-order chi connectivity index (χ0) is 23.7. The van der Waals surface area contributed by atoms with Gasteiger partial charge in [-0.05, 0) is 30.9 Å². The van der Waals surface area contributed by atoms with Crippen molar-refractivity contribution in [3.63, 3.8) is 0 Å². The fraction of sp³-hybridized carbons (Fsp3) is 0.609. The lowest BCUT2D eigenvalue weighted by Crippen LogP contribution is -2.35. The molecule has 6 nitrogen and oxygen atoms in total. The van der Waals surface area contributed by atoms with E-state index >= 15 is 0 Å². The summed E-state index contributed by atoms with van der Waals surface area (Å²) in [6.07, 6.45) is 3.62. The monoisotopic (exact) mass is 454 g/mol. The van der Waals surface area contributed by atoms with Gasteiger partial charge in [-0.2, -0.15) is 13.2 Å².